The number of nitrogens with zero attached hydrogens (tertiary/aromatic N) is 1. The molecule has 3 atom stereocenters. The van der Waals surface area contributed by atoms with Gasteiger partial charge in [0.15, 0.2) is 0 Å². The molecule has 0 radical (unpaired) electrons. The van der Waals surface area contributed by atoms with Gasteiger partial charge in [-0.1, -0.05) is 55.5 Å². The molecule has 1 heterocycles. The van der Waals surface area contributed by atoms with Crippen LogP contribution in [0.1, 0.15) is 20.8 Å². The van der Waals surface area contributed by atoms with Crippen molar-refractivity contribution in [1.29, 1.82) is 0 Å². The van der Waals surface area contributed by atoms with Crippen molar-refractivity contribution in [2.75, 3.05) is 24.2 Å². The molecule has 1 aliphatic heterocycles. The highest BCUT2D eigenvalue weighted by Gasteiger charge is 2.45. The van der Waals surface area contributed by atoms with Gasteiger partial charge >= 0.3 is 0 Å². The Labute approximate surface area is 160 Å². The molecule has 0 amide bonds. The second-order valence-corrected chi connectivity index (χ2v) is 9.09. The molecule has 0 bridgehead atoms. The zero-order valence-electron chi connectivity index (χ0n) is 15.3. The number of hydrogen-bond acceptors (Lipinski definition) is 4. The van der Waals surface area contributed by atoms with Gasteiger partial charge in [-0.25, -0.2) is 0 Å². The number of rotatable bonds is 7. The minimum Gasteiger partial charge on any atom is -0.384 e. The Kier molecular flexibility index (Phi) is 6.37. The summed E-state index contributed by atoms with van der Waals surface area (Å²) in [5.74, 6) is 0.997. The average Bonchev–Trinajstić information content (AvgIpc) is 2.91. The van der Waals surface area contributed by atoms with Crippen LogP contribution in [0.15, 0.2) is 65.6 Å². The van der Waals surface area contributed by atoms with Gasteiger partial charge in [0.05, 0.1) is 4.87 Å². The zero-order chi connectivity index (χ0) is 17.7. The van der Waals surface area contributed by atoms with Crippen LogP contribution >= 0.6 is 23.5 Å². The van der Waals surface area contributed by atoms with Gasteiger partial charge in [-0.05, 0) is 32.5 Å². The molecule has 1 saturated heterocycles. The maximum Gasteiger partial charge on any atom is 0.0839 e. The summed E-state index contributed by atoms with van der Waals surface area (Å²) >= 11 is 3.96. The monoisotopic (exact) mass is 372 g/mol. The van der Waals surface area contributed by atoms with Crippen molar-refractivity contribution in [3.05, 3.63) is 60.7 Å². The number of nitrogens with one attached hydrogen (secondary N) is 1. The molecule has 4 heteroatoms. The van der Waals surface area contributed by atoms with Crippen LogP contribution in [0.25, 0.3) is 0 Å². The Hall–Kier alpha value is -1.10. The van der Waals surface area contributed by atoms with Crippen molar-refractivity contribution in [3.8, 4) is 0 Å². The van der Waals surface area contributed by atoms with E-state index in [-0.39, 0.29) is 4.87 Å². The average molecular weight is 373 g/mol. The Bertz CT molecular complexity index is 668. The molecule has 3 unspecified atom stereocenters. The maximum absolute atomic E-state index is 3.44. The zero-order valence-corrected chi connectivity index (χ0v) is 16.9. The number of fused-ring (bicyclic) bond motifs is 1. The fraction of sp³-hybridized carbons (Fsp3) is 0.429. The third-order valence-corrected chi connectivity index (χ3v) is 7.30. The van der Waals surface area contributed by atoms with Crippen LogP contribution in [-0.4, -0.2) is 39.9 Å². The standard InChI is InChI=1S/C21H28N2S2/c1-4-22-17-11-6-8-13-19(17)24-16-10-15-21(3)23(5-2)18-12-7-9-14-20(18)25-21/h6-15,18,20,22H,4-5,16H2,1-3H3. The summed E-state index contributed by atoms with van der Waals surface area (Å²) in [5.41, 5.74) is 1.24. The van der Waals surface area contributed by atoms with E-state index >= 15 is 0 Å². The van der Waals surface area contributed by atoms with E-state index in [1.165, 1.54) is 10.6 Å². The second kappa shape index (κ2) is 8.52. The Morgan fingerprint density at radius 1 is 1.24 bits per heavy atom. The van der Waals surface area contributed by atoms with Crippen molar-refractivity contribution in [3.63, 3.8) is 0 Å². The molecule has 1 N–H and O–H groups in total. The van der Waals surface area contributed by atoms with Crippen molar-refractivity contribution in [1.82, 2.24) is 4.90 Å². The first-order chi connectivity index (χ1) is 12.2. The largest absolute Gasteiger partial charge is 0.384 e. The van der Waals surface area contributed by atoms with E-state index in [4.69, 9.17) is 0 Å². The number of anilines is 1. The van der Waals surface area contributed by atoms with Gasteiger partial charge in [-0.3, -0.25) is 4.90 Å². The molecule has 1 aromatic rings. The third-order valence-electron chi connectivity index (χ3n) is 4.72. The maximum atomic E-state index is 3.44. The lowest BCUT2D eigenvalue weighted by Gasteiger charge is -2.33. The van der Waals surface area contributed by atoms with Gasteiger partial charge in [-0.2, -0.15) is 0 Å². The quantitative estimate of drug-likeness (QED) is 0.508. The van der Waals surface area contributed by atoms with Gasteiger partial charge in [0.2, 0.25) is 0 Å². The molecule has 0 spiro atoms. The molecule has 2 nitrogen and oxygen atoms in total. The van der Waals surface area contributed by atoms with Crippen molar-refractivity contribution in [2.24, 2.45) is 0 Å². The van der Waals surface area contributed by atoms with Gasteiger partial charge < -0.3 is 5.32 Å². The Morgan fingerprint density at radius 2 is 2.04 bits per heavy atom. The first-order valence-electron chi connectivity index (χ1n) is 9.11. The summed E-state index contributed by atoms with van der Waals surface area (Å²) < 4.78 is 0. The number of allylic oxidation sites excluding steroid dienone is 2. The van der Waals surface area contributed by atoms with Crippen LogP contribution in [0.2, 0.25) is 0 Å². The molecule has 1 aromatic carbocycles. The Morgan fingerprint density at radius 3 is 2.84 bits per heavy atom. The lowest BCUT2D eigenvalue weighted by Crippen LogP contribution is -2.43. The van der Waals surface area contributed by atoms with Crippen LogP contribution in [0.3, 0.4) is 0 Å². The summed E-state index contributed by atoms with van der Waals surface area (Å²) in [4.78, 5) is 4.01. The van der Waals surface area contributed by atoms with E-state index < -0.39 is 0 Å². The third kappa shape index (κ3) is 4.18. The molecule has 1 aliphatic carbocycles. The normalized spacial score (nSPS) is 28.6. The highest BCUT2D eigenvalue weighted by molar-refractivity contribution is 8.01. The Balaban J connectivity index is 1.64. The number of hydrogen-bond donors (Lipinski definition) is 1. The van der Waals surface area contributed by atoms with E-state index in [0.29, 0.717) is 11.3 Å². The predicted octanol–water partition coefficient (Wildman–Crippen LogP) is 5.41. The first kappa shape index (κ1) is 18.7. The molecule has 3 rings (SSSR count). The molecule has 25 heavy (non-hydrogen) atoms. The molecular formula is C21H28N2S2. The van der Waals surface area contributed by atoms with Crippen LogP contribution in [0.5, 0.6) is 0 Å². The summed E-state index contributed by atoms with van der Waals surface area (Å²) in [7, 11) is 0. The second-order valence-electron chi connectivity index (χ2n) is 6.42. The molecular weight excluding hydrogens is 344 g/mol. The van der Waals surface area contributed by atoms with Crippen molar-refractivity contribution < 1.29 is 0 Å². The van der Waals surface area contributed by atoms with E-state index in [1.807, 2.05) is 11.8 Å². The van der Waals surface area contributed by atoms with E-state index in [0.717, 1.165) is 18.8 Å². The van der Waals surface area contributed by atoms with Crippen LogP contribution < -0.4 is 5.32 Å². The van der Waals surface area contributed by atoms with Crippen LogP contribution in [0, 0.1) is 0 Å². The SMILES string of the molecule is CCNc1ccccc1SCC=CC1(C)SC2C=CC=CC2N1CC. The van der Waals surface area contributed by atoms with E-state index in [9.17, 15) is 0 Å². The highest BCUT2D eigenvalue weighted by atomic mass is 32.2. The fourth-order valence-electron chi connectivity index (χ4n) is 3.60. The topological polar surface area (TPSA) is 15.3 Å². The summed E-state index contributed by atoms with van der Waals surface area (Å²) in [5, 5.41) is 4.01. The minimum atomic E-state index is 0.0743. The molecule has 134 valence electrons. The van der Waals surface area contributed by atoms with E-state index in [2.05, 4.69) is 103 Å². The lowest BCUT2D eigenvalue weighted by molar-refractivity contribution is 0.211. The predicted molar refractivity (Wildman–Crippen MR) is 115 cm³/mol. The summed E-state index contributed by atoms with van der Waals surface area (Å²) in [6.45, 7) is 8.79. The first-order valence-corrected chi connectivity index (χ1v) is 11.0. The fourth-order valence-corrected chi connectivity index (χ4v) is 6.10. The number of para-hydroxylation sites is 1. The summed E-state index contributed by atoms with van der Waals surface area (Å²) in [6, 6.07) is 9.09. The minimum absolute atomic E-state index is 0.0743. The molecule has 1 fully saturated rings. The number of likely N-dealkylation sites (N-methyl/N-ethyl adjacent to an activating group) is 1. The smallest absolute Gasteiger partial charge is 0.0839 e. The van der Waals surface area contributed by atoms with Gasteiger partial charge in [0.1, 0.15) is 0 Å². The van der Waals surface area contributed by atoms with Crippen LogP contribution in [-0.2, 0) is 0 Å². The number of thioether (sulfide) groups is 2. The highest BCUT2D eigenvalue weighted by Crippen LogP contribution is 2.47. The molecule has 2 aliphatic rings. The number of benzene rings is 1. The molecule has 0 aromatic heterocycles. The van der Waals surface area contributed by atoms with Gasteiger partial charge in [0.25, 0.3) is 0 Å². The van der Waals surface area contributed by atoms with Crippen LogP contribution in [0.4, 0.5) is 5.69 Å². The van der Waals surface area contributed by atoms with Crippen molar-refractivity contribution in [2.45, 2.75) is 41.8 Å². The lowest BCUT2D eigenvalue weighted by atomic mass is 10.0. The molecule has 0 saturated carbocycles. The summed E-state index contributed by atoms with van der Waals surface area (Å²) in [6.07, 6.45) is 13.8. The van der Waals surface area contributed by atoms with Gasteiger partial charge in [0, 0.05) is 34.2 Å². The van der Waals surface area contributed by atoms with Crippen molar-refractivity contribution >= 4 is 29.2 Å². The van der Waals surface area contributed by atoms with Gasteiger partial charge in [-0.15, -0.1) is 23.5 Å². The van der Waals surface area contributed by atoms with E-state index in [1.54, 1.807) is 0 Å².